The summed E-state index contributed by atoms with van der Waals surface area (Å²) in [7, 11) is 2.04. The summed E-state index contributed by atoms with van der Waals surface area (Å²) in [6, 6.07) is 0.958. The first kappa shape index (κ1) is 15.8. The zero-order valence-corrected chi connectivity index (χ0v) is 12.2. The molecule has 1 aromatic rings. The van der Waals surface area contributed by atoms with Crippen molar-refractivity contribution in [1.82, 2.24) is 14.9 Å². The summed E-state index contributed by atoms with van der Waals surface area (Å²) in [6.07, 6.45) is -3.43. The molecular weight excluding hydrogens is 283 g/mol. The molecule has 2 heterocycles. The van der Waals surface area contributed by atoms with Gasteiger partial charge in [0.1, 0.15) is 5.82 Å². The van der Waals surface area contributed by atoms with Crippen molar-refractivity contribution in [3.05, 3.63) is 11.8 Å². The standard InChI is InChI=1S/C13H20F3N5/c1-3-17-12-19-10(13(14,15)16)6-11(20-12)18-7-9-4-5-21(2)8-9/h6,9H,3-5,7-8H2,1-2H3,(H2,17,18,19,20). The number of aromatic nitrogens is 2. The SMILES string of the molecule is CCNc1nc(NCC2CCN(C)C2)cc(C(F)(F)F)n1. The Kier molecular flexibility index (Phi) is 4.87. The van der Waals surface area contributed by atoms with Crippen LogP contribution in [-0.2, 0) is 6.18 Å². The molecule has 1 aromatic heterocycles. The minimum atomic E-state index is -4.48. The second kappa shape index (κ2) is 6.46. The summed E-state index contributed by atoms with van der Waals surface area (Å²) in [5, 5.41) is 5.73. The number of nitrogens with zero attached hydrogens (tertiary/aromatic N) is 3. The van der Waals surface area contributed by atoms with E-state index in [1.807, 2.05) is 7.05 Å². The van der Waals surface area contributed by atoms with Crippen molar-refractivity contribution in [2.45, 2.75) is 19.5 Å². The van der Waals surface area contributed by atoms with Gasteiger partial charge in [0, 0.05) is 25.7 Å². The third kappa shape index (κ3) is 4.45. The third-order valence-electron chi connectivity index (χ3n) is 3.41. The van der Waals surface area contributed by atoms with Gasteiger partial charge in [-0.1, -0.05) is 0 Å². The number of alkyl halides is 3. The summed E-state index contributed by atoms with van der Waals surface area (Å²) >= 11 is 0. The van der Waals surface area contributed by atoms with Gasteiger partial charge in [0.15, 0.2) is 5.69 Å². The van der Waals surface area contributed by atoms with Crippen LogP contribution < -0.4 is 10.6 Å². The molecule has 118 valence electrons. The molecule has 1 atom stereocenters. The van der Waals surface area contributed by atoms with E-state index < -0.39 is 11.9 Å². The Morgan fingerprint density at radius 1 is 1.33 bits per heavy atom. The normalized spacial score (nSPS) is 19.8. The van der Waals surface area contributed by atoms with E-state index in [4.69, 9.17) is 0 Å². The van der Waals surface area contributed by atoms with Crippen LogP contribution in [0.2, 0.25) is 0 Å². The van der Waals surface area contributed by atoms with Gasteiger partial charge in [-0.05, 0) is 32.9 Å². The lowest BCUT2D eigenvalue weighted by atomic mass is 10.1. The van der Waals surface area contributed by atoms with E-state index in [-0.39, 0.29) is 11.8 Å². The Morgan fingerprint density at radius 2 is 2.10 bits per heavy atom. The maximum Gasteiger partial charge on any atom is 0.433 e. The maximum absolute atomic E-state index is 12.8. The minimum Gasteiger partial charge on any atom is -0.370 e. The van der Waals surface area contributed by atoms with Crippen LogP contribution in [-0.4, -0.2) is 48.1 Å². The molecule has 2 rings (SSSR count). The fourth-order valence-electron chi connectivity index (χ4n) is 2.36. The van der Waals surface area contributed by atoms with Crippen molar-refractivity contribution >= 4 is 11.8 Å². The van der Waals surface area contributed by atoms with Crippen LogP contribution in [0.3, 0.4) is 0 Å². The van der Waals surface area contributed by atoms with Crippen LogP contribution in [0, 0.1) is 5.92 Å². The lowest BCUT2D eigenvalue weighted by Gasteiger charge is -2.14. The van der Waals surface area contributed by atoms with E-state index in [0.29, 0.717) is 19.0 Å². The molecule has 0 spiro atoms. The molecule has 0 radical (unpaired) electrons. The van der Waals surface area contributed by atoms with Gasteiger partial charge < -0.3 is 15.5 Å². The Labute approximate surface area is 122 Å². The van der Waals surface area contributed by atoms with Crippen LogP contribution in [0.4, 0.5) is 24.9 Å². The molecule has 1 unspecified atom stereocenters. The first-order valence-corrected chi connectivity index (χ1v) is 7.01. The van der Waals surface area contributed by atoms with Crippen molar-refractivity contribution in [2.24, 2.45) is 5.92 Å². The van der Waals surface area contributed by atoms with Crippen LogP contribution in [0.5, 0.6) is 0 Å². The van der Waals surface area contributed by atoms with Gasteiger partial charge in [-0.25, -0.2) is 4.98 Å². The molecule has 2 N–H and O–H groups in total. The van der Waals surface area contributed by atoms with E-state index in [2.05, 4.69) is 25.5 Å². The number of hydrogen-bond donors (Lipinski definition) is 2. The molecule has 0 aliphatic carbocycles. The summed E-state index contributed by atoms with van der Waals surface area (Å²) in [6.45, 7) is 4.83. The fourth-order valence-corrected chi connectivity index (χ4v) is 2.36. The molecule has 1 fully saturated rings. The number of rotatable bonds is 5. The highest BCUT2D eigenvalue weighted by atomic mass is 19.4. The van der Waals surface area contributed by atoms with Gasteiger partial charge in [0.25, 0.3) is 0 Å². The monoisotopic (exact) mass is 303 g/mol. The lowest BCUT2D eigenvalue weighted by Crippen LogP contribution is -2.20. The number of nitrogens with one attached hydrogen (secondary N) is 2. The largest absolute Gasteiger partial charge is 0.433 e. The van der Waals surface area contributed by atoms with Crippen LogP contribution in [0.15, 0.2) is 6.07 Å². The highest BCUT2D eigenvalue weighted by Crippen LogP contribution is 2.29. The average Bonchev–Trinajstić information content (AvgIpc) is 2.81. The topological polar surface area (TPSA) is 53.1 Å². The van der Waals surface area contributed by atoms with Gasteiger partial charge in [0.2, 0.25) is 5.95 Å². The van der Waals surface area contributed by atoms with E-state index in [1.54, 1.807) is 6.92 Å². The molecular formula is C13H20F3N5. The molecule has 0 bridgehead atoms. The Balaban J connectivity index is 2.08. The molecule has 0 saturated carbocycles. The Bertz CT molecular complexity index is 477. The van der Waals surface area contributed by atoms with E-state index in [9.17, 15) is 13.2 Å². The first-order valence-electron chi connectivity index (χ1n) is 7.01. The minimum absolute atomic E-state index is 0.00151. The highest BCUT2D eigenvalue weighted by Gasteiger charge is 2.33. The van der Waals surface area contributed by atoms with Crippen molar-refractivity contribution in [3.8, 4) is 0 Å². The first-order chi connectivity index (χ1) is 9.88. The predicted octanol–water partition coefficient (Wildman–Crippen LogP) is 2.29. The zero-order valence-electron chi connectivity index (χ0n) is 12.2. The Morgan fingerprint density at radius 3 is 2.67 bits per heavy atom. The second-order valence-electron chi connectivity index (χ2n) is 5.29. The zero-order chi connectivity index (χ0) is 15.5. The van der Waals surface area contributed by atoms with Crippen LogP contribution >= 0.6 is 0 Å². The van der Waals surface area contributed by atoms with Crippen LogP contribution in [0.1, 0.15) is 19.0 Å². The highest BCUT2D eigenvalue weighted by molar-refractivity contribution is 5.43. The Hall–Kier alpha value is -1.57. The van der Waals surface area contributed by atoms with Crippen LogP contribution in [0.25, 0.3) is 0 Å². The molecule has 1 aliphatic heterocycles. The number of halogens is 3. The smallest absolute Gasteiger partial charge is 0.370 e. The van der Waals surface area contributed by atoms with Gasteiger partial charge in [0.05, 0.1) is 0 Å². The van der Waals surface area contributed by atoms with Crippen molar-refractivity contribution in [1.29, 1.82) is 0 Å². The molecule has 1 saturated heterocycles. The van der Waals surface area contributed by atoms with Gasteiger partial charge in [-0.15, -0.1) is 0 Å². The summed E-state index contributed by atoms with van der Waals surface area (Å²) < 4.78 is 38.5. The fraction of sp³-hybridized carbons (Fsp3) is 0.692. The van der Waals surface area contributed by atoms with E-state index >= 15 is 0 Å². The van der Waals surface area contributed by atoms with Crippen molar-refractivity contribution < 1.29 is 13.2 Å². The van der Waals surface area contributed by atoms with Gasteiger partial charge in [-0.2, -0.15) is 18.2 Å². The third-order valence-corrected chi connectivity index (χ3v) is 3.41. The van der Waals surface area contributed by atoms with Gasteiger partial charge >= 0.3 is 6.18 Å². The van der Waals surface area contributed by atoms with Crippen molar-refractivity contribution in [3.63, 3.8) is 0 Å². The molecule has 0 amide bonds. The van der Waals surface area contributed by atoms with E-state index in [0.717, 1.165) is 25.6 Å². The second-order valence-corrected chi connectivity index (χ2v) is 5.29. The van der Waals surface area contributed by atoms with Gasteiger partial charge in [-0.3, -0.25) is 0 Å². The van der Waals surface area contributed by atoms with E-state index in [1.165, 1.54) is 0 Å². The molecule has 1 aliphatic rings. The molecule has 5 nitrogen and oxygen atoms in total. The maximum atomic E-state index is 12.8. The average molecular weight is 303 g/mol. The molecule has 0 aromatic carbocycles. The predicted molar refractivity (Wildman–Crippen MR) is 75.3 cm³/mol. The number of likely N-dealkylation sites (tertiary alicyclic amines) is 1. The summed E-state index contributed by atoms with van der Waals surface area (Å²) in [5.41, 5.74) is -0.931. The molecule has 21 heavy (non-hydrogen) atoms. The quantitative estimate of drug-likeness (QED) is 0.874. The summed E-state index contributed by atoms with van der Waals surface area (Å²) in [4.78, 5) is 9.77. The van der Waals surface area contributed by atoms with Crippen molar-refractivity contribution in [2.75, 3.05) is 43.9 Å². The number of hydrogen-bond acceptors (Lipinski definition) is 5. The summed E-state index contributed by atoms with van der Waals surface area (Å²) in [5.74, 6) is 0.642. The molecule has 8 heteroatoms. The number of anilines is 2. The lowest BCUT2D eigenvalue weighted by molar-refractivity contribution is -0.141.